The lowest BCUT2D eigenvalue weighted by molar-refractivity contribution is -0.147. The van der Waals surface area contributed by atoms with Crippen LogP contribution in [0.4, 0.5) is 0 Å². The summed E-state index contributed by atoms with van der Waals surface area (Å²) >= 11 is 1.79. The van der Waals surface area contributed by atoms with E-state index in [1.807, 2.05) is 0 Å². The van der Waals surface area contributed by atoms with Gasteiger partial charge in [-0.05, 0) is 23.4 Å². The Labute approximate surface area is 99.0 Å². The maximum Gasteiger partial charge on any atom is 0.324 e. The summed E-state index contributed by atoms with van der Waals surface area (Å²) < 4.78 is 4.77. The fourth-order valence-electron chi connectivity index (χ4n) is 2.07. The minimum absolute atomic E-state index is 0.235. The second kappa shape index (κ2) is 4.95. The number of thiophene rings is 1. The Morgan fingerprint density at radius 3 is 3.25 bits per heavy atom. The van der Waals surface area contributed by atoms with Crippen molar-refractivity contribution in [2.75, 3.05) is 20.2 Å². The summed E-state index contributed by atoms with van der Waals surface area (Å²) in [5.74, 6) is -0.235. The zero-order valence-electron chi connectivity index (χ0n) is 9.31. The number of hydrogen-bond acceptors (Lipinski definition) is 5. The van der Waals surface area contributed by atoms with Crippen LogP contribution < -0.4 is 5.73 Å². The molecule has 2 heterocycles. The molecular weight excluding hydrogens is 224 g/mol. The van der Waals surface area contributed by atoms with Crippen LogP contribution in [0.5, 0.6) is 0 Å². The van der Waals surface area contributed by atoms with Crippen LogP contribution in [0, 0.1) is 0 Å². The summed E-state index contributed by atoms with van der Waals surface area (Å²) in [6.07, 6.45) is 1.00. The first-order valence-electron chi connectivity index (χ1n) is 5.33. The average molecular weight is 240 g/mol. The average Bonchev–Trinajstić information content (AvgIpc) is 2.77. The zero-order valence-corrected chi connectivity index (χ0v) is 10.1. The van der Waals surface area contributed by atoms with E-state index in [1.165, 1.54) is 17.6 Å². The summed E-state index contributed by atoms with van der Waals surface area (Å²) in [7, 11) is 1.41. The van der Waals surface area contributed by atoms with Crippen molar-refractivity contribution in [2.45, 2.75) is 19.0 Å². The number of ether oxygens (including phenoxy) is 1. The van der Waals surface area contributed by atoms with E-state index in [0.717, 1.165) is 19.5 Å². The molecule has 1 aliphatic rings. The molecule has 2 rings (SSSR count). The van der Waals surface area contributed by atoms with Crippen molar-refractivity contribution in [2.24, 2.45) is 5.73 Å². The third-order valence-corrected chi connectivity index (χ3v) is 4.00. The predicted molar refractivity (Wildman–Crippen MR) is 63.3 cm³/mol. The number of hydrogen-bond donors (Lipinski definition) is 1. The highest BCUT2D eigenvalue weighted by Crippen LogP contribution is 2.25. The van der Waals surface area contributed by atoms with Gasteiger partial charge in [-0.2, -0.15) is 0 Å². The van der Waals surface area contributed by atoms with Gasteiger partial charge in [0, 0.05) is 24.5 Å². The number of methoxy groups -OCH3 is 1. The molecule has 1 atom stereocenters. The van der Waals surface area contributed by atoms with Gasteiger partial charge in [0.1, 0.15) is 6.04 Å². The Kier molecular flexibility index (Phi) is 3.58. The van der Waals surface area contributed by atoms with Gasteiger partial charge in [0.15, 0.2) is 0 Å². The summed E-state index contributed by atoms with van der Waals surface area (Å²) in [5.41, 5.74) is 6.95. The molecule has 0 aliphatic carbocycles. The Balaban J connectivity index is 2.09. The molecule has 1 aliphatic heterocycles. The van der Waals surface area contributed by atoms with E-state index in [4.69, 9.17) is 10.5 Å². The van der Waals surface area contributed by atoms with Gasteiger partial charge >= 0.3 is 5.97 Å². The molecular formula is C11H16N2O2S. The largest absolute Gasteiger partial charge is 0.468 e. The van der Waals surface area contributed by atoms with Crippen LogP contribution in [-0.2, 0) is 22.5 Å². The van der Waals surface area contributed by atoms with E-state index < -0.39 is 0 Å². The quantitative estimate of drug-likeness (QED) is 0.786. The van der Waals surface area contributed by atoms with Crippen molar-refractivity contribution in [1.29, 1.82) is 0 Å². The molecule has 5 heteroatoms. The first kappa shape index (κ1) is 11.6. The van der Waals surface area contributed by atoms with Gasteiger partial charge in [-0.15, -0.1) is 11.3 Å². The second-order valence-electron chi connectivity index (χ2n) is 3.86. The highest BCUT2D eigenvalue weighted by atomic mass is 32.1. The number of nitrogens with zero attached hydrogens (tertiary/aromatic N) is 1. The Morgan fingerprint density at radius 2 is 2.56 bits per heavy atom. The van der Waals surface area contributed by atoms with E-state index in [-0.39, 0.29) is 12.0 Å². The first-order valence-corrected chi connectivity index (χ1v) is 6.21. The lowest BCUT2D eigenvalue weighted by Crippen LogP contribution is -2.48. The maximum absolute atomic E-state index is 11.6. The van der Waals surface area contributed by atoms with Crippen molar-refractivity contribution in [3.63, 3.8) is 0 Å². The van der Waals surface area contributed by atoms with Crippen LogP contribution in [-0.4, -0.2) is 37.1 Å². The molecule has 0 saturated heterocycles. The predicted octanol–water partition coefficient (Wildman–Crippen LogP) is 0.607. The van der Waals surface area contributed by atoms with E-state index >= 15 is 0 Å². The van der Waals surface area contributed by atoms with Crippen LogP contribution in [0.1, 0.15) is 10.4 Å². The fourth-order valence-corrected chi connectivity index (χ4v) is 2.96. The molecule has 0 saturated carbocycles. The highest BCUT2D eigenvalue weighted by Gasteiger charge is 2.28. The second-order valence-corrected chi connectivity index (χ2v) is 4.86. The number of esters is 1. The molecule has 1 aromatic heterocycles. The van der Waals surface area contributed by atoms with Crippen molar-refractivity contribution in [3.8, 4) is 0 Å². The van der Waals surface area contributed by atoms with Gasteiger partial charge < -0.3 is 10.5 Å². The summed E-state index contributed by atoms with van der Waals surface area (Å²) in [6, 6.07) is 1.81. The van der Waals surface area contributed by atoms with Crippen LogP contribution in [0.2, 0.25) is 0 Å². The molecule has 16 heavy (non-hydrogen) atoms. The number of carbonyl (C=O) groups is 1. The SMILES string of the molecule is COC(=O)C(CN)N1CCc2sccc2C1. The Morgan fingerprint density at radius 1 is 1.75 bits per heavy atom. The van der Waals surface area contributed by atoms with Crippen molar-refractivity contribution in [3.05, 3.63) is 21.9 Å². The van der Waals surface area contributed by atoms with Crippen molar-refractivity contribution >= 4 is 17.3 Å². The molecule has 0 radical (unpaired) electrons. The molecule has 2 N–H and O–H groups in total. The van der Waals surface area contributed by atoms with Crippen LogP contribution in [0.3, 0.4) is 0 Å². The highest BCUT2D eigenvalue weighted by molar-refractivity contribution is 7.10. The number of carbonyl (C=O) groups excluding carboxylic acids is 1. The Hall–Kier alpha value is -0.910. The van der Waals surface area contributed by atoms with E-state index in [1.54, 1.807) is 11.3 Å². The molecule has 0 fully saturated rings. The molecule has 0 spiro atoms. The third-order valence-electron chi connectivity index (χ3n) is 2.97. The summed E-state index contributed by atoms with van der Waals surface area (Å²) in [5, 5.41) is 2.10. The molecule has 4 nitrogen and oxygen atoms in total. The Bertz CT molecular complexity index is 378. The normalized spacial score (nSPS) is 17.9. The minimum Gasteiger partial charge on any atom is -0.468 e. The van der Waals surface area contributed by atoms with Crippen LogP contribution >= 0.6 is 11.3 Å². The van der Waals surface area contributed by atoms with Crippen molar-refractivity contribution in [1.82, 2.24) is 4.90 Å². The monoisotopic (exact) mass is 240 g/mol. The molecule has 0 bridgehead atoms. The molecule has 0 aromatic carbocycles. The standard InChI is InChI=1S/C11H16N2O2S/c1-15-11(14)9(6-12)13-4-2-10-8(7-13)3-5-16-10/h3,5,9H,2,4,6-7,12H2,1H3. The lowest BCUT2D eigenvalue weighted by atomic mass is 10.1. The van der Waals surface area contributed by atoms with Crippen LogP contribution in [0.15, 0.2) is 11.4 Å². The van der Waals surface area contributed by atoms with E-state index in [0.29, 0.717) is 6.54 Å². The number of nitrogens with two attached hydrogens (primary N) is 1. The maximum atomic E-state index is 11.6. The lowest BCUT2D eigenvalue weighted by Gasteiger charge is -2.31. The van der Waals surface area contributed by atoms with Gasteiger partial charge in [-0.25, -0.2) is 0 Å². The first-order chi connectivity index (χ1) is 7.76. The zero-order chi connectivity index (χ0) is 11.5. The summed E-state index contributed by atoms with van der Waals surface area (Å²) in [4.78, 5) is 15.1. The molecule has 1 aromatic rings. The van der Waals surface area contributed by atoms with Gasteiger partial charge in [0.25, 0.3) is 0 Å². The van der Waals surface area contributed by atoms with Gasteiger partial charge in [0.05, 0.1) is 7.11 Å². The number of rotatable bonds is 3. The van der Waals surface area contributed by atoms with Crippen LogP contribution in [0.25, 0.3) is 0 Å². The smallest absolute Gasteiger partial charge is 0.324 e. The van der Waals surface area contributed by atoms with Gasteiger partial charge in [-0.3, -0.25) is 9.69 Å². The van der Waals surface area contributed by atoms with Gasteiger partial charge in [0.2, 0.25) is 0 Å². The fraction of sp³-hybridized carbons (Fsp3) is 0.545. The number of fused-ring (bicyclic) bond motifs is 1. The molecule has 1 unspecified atom stereocenters. The van der Waals surface area contributed by atoms with E-state index in [2.05, 4.69) is 16.3 Å². The molecule has 88 valence electrons. The topological polar surface area (TPSA) is 55.6 Å². The van der Waals surface area contributed by atoms with E-state index in [9.17, 15) is 4.79 Å². The minimum atomic E-state index is -0.307. The summed E-state index contributed by atoms with van der Waals surface area (Å²) in [6.45, 7) is 1.99. The van der Waals surface area contributed by atoms with Crippen molar-refractivity contribution < 1.29 is 9.53 Å². The molecule has 0 amide bonds. The third kappa shape index (κ3) is 2.11. The van der Waals surface area contributed by atoms with Gasteiger partial charge in [-0.1, -0.05) is 0 Å².